The van der Waals surface area contributed by atoms with Crippen molar-refractivity contribution < 1.29 is 9.84 Å². The first kappa shape index (κ1) is 15.3. The van der Waals surface area contributed by atoms with Crippen LogP contribution >= 0.6 is 0 Å². The zero-order valence-electron chi connectivity index (χ0n) is 12.9. The van der Waals surface area contributed by atoms with Gasteiger partial charge in [-0.15, -0.1) is 0 Å². The summed E-state index contributed by atoms with van der Waals surface area (Å²) >= 11 is 0. The van der Waals surface area contributed by atoms with E-state index in [0.29, 0.717) is 12.0 Å². The minimum Gasteiger partial charge on any atom is -0.493 e. The molecule has 0 bridgehead atoms. The second kappa shape index (κ2) is 7.09. The highest BCUT2D eigenvalue weighted by molar-refractivity contribution is 5.45. The number of aliphatic hydroxyl groups is 1. The lowest BCUT2D eigenvalue weighted by molar-refractivity contribution is 0.182. The van der Waals surface area contributed by atoms with Gasteiger partial charge in [0.1, 0.15) is 5.75 Å². The summed E-state index contributed by atoms with van der Waals surface area (Å²) in [5, 5.41) is 13.0. The fourth-order valence-corrected chi connectivity index (χ4v) is 2.76. The number of hydrogen-bond acceptors (Lipinski definition) is 3. The minimum atomic E-state index is -0.244. The van der Waals surface area contributed by atoms with Crippen molar-refractivity contribution in [1.29, 1.82) is 0 Å². The zero-order chi connectivity index (χ0) is 14.5. The third kappa shape index (κ3) is 3.74. The van der Waals surface area contributed by atoms with Crippen LogP contribution < -0.4 is 10.1 Å². The first-order valence-corrected chi connectivity index (χ1v) is 7.76. The van der Waals surface area contributed by atoms with Crippen LogP contribution in [0.3, 0.4) is 0 Å². The lowest BCUT2D eigenvalue weighted by Crippen LogP contribution is -2.24. The van der Waals surface area contributed by atoms with E-state index in [1.807, 2.05) is 6.92 Å². The van der Waals surface area contributed by atoms with Gasteiger partial charge in [0.05, 0.1) is 12.7 Å². The Balaban J connectivity index is 2.18. The van der Waals surface area contributed by atoms with E-state index < -0.39 is 0 Å². The van der Waals surface area contributed by atoms with E-state index in [9.17, 15) is 5.11 Å². The van der Waals surface area contributed by atoms with Gasteiger partial charge in [0.2, 0.25) is 0 Å². The quantitative estimate of drug-likeness (QED) is 0.867. The van der Waals surface area contributed by atoms with Crippen LogP contribution in [0, 0.1) is 0 Å². The summed E-state index contributed by atoms with van der Waals surface area (Å²) in [6.07, 6.45) is 2.70. The third-order valence-corrected chi connectivity index (χ3v) is 3.91. The number of nitrogens with one attached hydrogen (secondary N) is 1. The maximum absolute atomic E-state index is 9.38. The number of fused-ring (bicyclic) bond motifs is 1. The molecule has 1 heterocycles. The minimum absolute atomic E-state index is 0.244. The molecular weight excluding hydrogens is 250 g/mol. The molecule has 0 fully saturated rings. The van der Waals surface area contributed by atoms with Gasteiger partial charge in [0, 0.05) is 11.6 Å². The molecule has 0 amide bonds. The Morgan fingerprint density at radius 2 is 2.15 bits per heavy atom. The Morgan fingerprint density at radius 3 is 2.85 bits per heavy atom. The van der Waals surface area contributed by atoms with Gasteiger partial charge in [-0.3, -0.25) is 0 Å². The van der Waals surface area contributed by atoms with Gasteiger partial charge < -0.3 is 15.2 Å². The average Bonchev–Trinajstić information content (AvgIpc) is 2.60. The molecule has 3 nitrogen and oxygen atoms in total. The van der Waals surface area contributed by atoms with Crippen molar-refractivity contribution in [3.63, 3.8) is 0 Å². The van der Waals surface area contributed by atoms with Gasteiger partial charge in [-0.2, -0.15) is 0 Å². The van der Waals surface area contributed by atoms with Crippen molar-refractivity contribution >= 4 is 0 Å². The largest absolute Gasteiger partial charge is 0.493 e. The molecule has 1 aromatic rings. The fraction of sp³-hybridized carbons (Fsp3) is 0.647. The molecule has 1 aromatic carbocycles. The molecular formula is C17H27NO2. The molecule has 0 spiro atoms. The number of ether oxygens (including phenoxy) is 1. The standard InChI is InChI=1S/C17H27NO2/c1-12(2)14-6-4-7-15-16(18-10-9-13(3)19)8-5-11-20-17(14)15/h4,6-7,12-13,16,18-19H,5,8-11H2,1-3H3. The summed E-state index contributed by atoms with van der Waals surface area (Å²) in [6.45, 7) is 7.89. The maximum Gasteiger partial charge on any atom is 0.127 e. The number of hydrogen-bond donors (Lipinski definition) is 2. The Kier molecular flexibility index (Phi) is 5.44. The predicted molar refractivity (Wildman–Crippen MR) is 82.3 cm³/mol. The van der Waals surface area contributed by atoms with Crippen LogP contribution in [0.5, 0.6) is 5.75 Å². The topological polar surface area (TPSA) is 41.5 Å². The molecule has 2 unspecified atom stereocenters. The second-order valence-corrected chi connectivity index (χ2v) is 6.06. The van der Waals surface area contributed by atoms with Crippen LogP contribution in [0.4, 0.5) is 0 Å². The van der Waals surface area contributed by atoms with E-state index in [2.05, 4.69) is 37.4 Å². The van der Waals surface area contributed by atoms with Gasteiger partial charge in [-0.25, -0.2) is 0 Å². The van der Waals surface area contributed by atoms with Gasteiger partial charge in [-0.05, 0) is 44.2 Å². The van der Waals surface area contributed by atoms with Crippen LogP contribution in [-0.4, -0.2) is 24.4 Å². The van der Waals surface area contributed by atoms with Crippen LogP contribution in [-0.2, 0) is 0 Å². The molecule has 0 saturated heterocycles. The van der Waals surface area contributed by atoms with E-state index >= 15 is 0 Å². The van der Waals surface area contributed by atoms with Crippen molar-refractivity contribution in [2.45, 2.75) is 58.1 Å². The maximum atomic E-state index is 9.38. The monoisotopic (exact) mass is 277 g/mol. The molecule has 1 aliphatic heterocycles. The summed E-state index contributed by atoms with van der Waals surface area (Å²) in [5.41, 5.74) is 2.58. The zero-order valence-corrected chi connectivity index (χ0v) is 12.9. The first-order chi connectivity index (χ1) is 9.59. The third-order valence-electron chi connectivity index (χ3n) is 3.91. The van der Waals surface area contributed by atoms with E-state index in [1.54, 1.807) is 0 Å². The average molecular weight is 277 g/mol. The van der Waals surface area contributed by atoms with Crippen molar-refractivity contribution in [2.75, 3.05) is 13.2 Å². The molecule has 0 radical (unpaired) electrons. The number of benzene rings is 1. The Labute approximate surface area is 122 Å². The number of aliphatic hydroxyl groups excluding tert-OH is 1. The highest BCUT2D eigenvalue weighted by atomic mass is 16.5. The summed E-state index contributed by atoms with van der Waals surface area (Å²) in [6, 6.07) is 6.81. The van der Waals surface area contributed by atoms with Crippen molar-refractivity contribution in [2.24, 2.45) is 0 Å². The van der Waals surface area contributed by atoms with Gasteiger partial charge in [-0.1, -0.05) is 32.0 Å². The van der Waals surface area contributed by atoms with E-state index in [-0.39, 0.29) is 6.10 Å². The molecule has 1 aliphatic rings. The van der Waals surface area contributed by atoms with Gasteiger partial charge in [0.25, 0.3) is 0 Å². The van der Waals surface area contributed by atoms with Crippen LogP contribution in [0.2, 0.25) is 0 Å². The van der Waals surface area contributed by atoms with Crippen molar-refractivity contribution in [3.8, 4) is 5.75 Å². The number of para-hydroxylation sites is 1. The summed E-state index contributed by atoms with van der Waals surface area (Å²) in [5.74, 6) is 1.55. The van der Waals surface area contributed by atoms with Crippen LogP contribution in [0.1, 0.15) is 63.1 Å². The second-order valence-electron chi connectivity index (χ2n) is 6.06. The normalized spacial score (nSPS) is 20.1. The summed E-state index contributed by atoms with van der Waals surface area (Å²) < 4.78 is 6.01. The SMILES string of the molecule is CC(O)CCNC1CCCOc2c(C(C)C)cccc21. The molecule has 0 aliphatic carbocycles. The van der Waals surface area contributed by atoms with Crippen molar-refractivity contribution in [1.82, 2.24) is 5.32 Å². The Bertz CT molecular complexity index is 429. The fourth-order valence-electron chi connectivity index (χ4n) is 2.76. The summed E-state index contributed by atoms with van der Waals surface area (Å²) in [4.78, 5) is 0. The lowest BCUT2D eigenvalue weighted by Gasteiger charge is -2.21. The predicted octanol–water partition coefficient (Wildman–Crippen LogP) is 3.38. The smallest absolute Gasteiger partial charge is 0.127 e. The summed E-state index contributed by atoms with van der Waals surface area (Å²) in [7, 11) is 0. The van der Waals surface area contributed by atoms with Gasteiger partial charge >= 0.3 is 0 Å². The molecule has 2 atom stereocenters. The molecule has 3 heteroatoms. The van der Waals surface area contributed by atoms with Crippen molar-refractivity contribution in [3.05, 3.63) is 29.3 Å². The molecule has 0 aromatic heterocycles. The molecule has 0 saturated carbocycles. The van der Waals surface area contributed by atoms with Crippen LogP contribution in [0.15, 0.2) is 18.2 Å². The van der Waals surface area contributed by atoms with E-state index in [0.717, 1.165) is 38.2 Å². The van der Waals surface area contributed by atoms with E-state index in [1.165, 1.54) is 11.1 Å². The highest BCUT2D eigenvalue weighted by Crippen LogP contribution is 2.37. The Hall–Kier alpha value is -1.06. The van der Waals surface area contributed by atoms with E-state index in [4.69, 9.17) is 4.74 Å². The molecule has 2 rings (SSSR count). The number of rotatable bonds is 5. The van der Waals surface area contributed by atoms with Crippen LogP contribution in [0.25, 0.3) is 0 Å². The highest BCUT2D eigenvalue weighted by Gasteiger charge is 2.22. The Morgan fingerprint density at radius 1 is 1.35 bits per heavy atom. The first-order valence-electron chi connectivity index (χ1n) is 7.76. The molecule has 112 valence electrons. The molecule has 20 heavy (non-hydrogen) atoms. The lowest BCUT2D eigenvalue weighted by atomic mass is 9.94. The van der Waals surface area contributed by atoms with Gasteiger partial charge in [0.15, 0.2) is 0 Å². The molecule has 2 N–H and O–H groups in total.